The van der Waals surface area contributed by atoms with Gasteiger partial charge in [-0.25, -0.2) is 14.7 Å². The lowest BCUT2D eigenvalue weighted by Gasteiger charge is -2.40. The Labute approximate surface area is 130 Å². The number of rotatable bonds is 6. The molecule has 1 aromatic carbocycles. The molecule has 1 aromatic rings. The predicted octanol–water partition coefficient (Wildman–Crippen LogP) is 2.33. The Bertz CT molecular complexity index is 525. The summed E-state index contributed by atoms with van der Waals surface area (Å²) in [5.41, 5.74) is -1.79. The Morgan fingerprint density at radius 2 is 1.41 bits per heavy atom. The third kappa shape index (κ3) is 3.76. The quantitative estimate of drug-likeness (QED) is 0.593. The molecular weight excluding hydrogens is 286 g/mol. The van der Waals surface area contributed by atoms with Gasteiger partial charge in [-0.1, -0.05) is 18.2 Å². The van der Waals surface area contributed by atoms with Gasteiger partial charge in [0.25, 0.3) is 0 Å². The number of benzene rings is 1. The molecule has 0 spiro atoms. The van der Waals surface area contributed by atoms with E-state index in [1.165, 1.54) is 19.3 Å². The summed E-state index contributed by atoms with van der Waals surface area (Å²) in [6, 6.07) is 9.02. The molecule has 0 aliphatic rings. The standard InChI is InChI=1S/C16H23NO5/c1-15(2,13(18)20-5)17(12-10-8-7-9-11-12)22-16(3,4)14(19)21-6/h7-11H,1-6H3. The van der Waals surface area contributed by atoms with E-state index >= 15 is 0 Å². The SMILES string of the molecule is COC(=O)C(C)(C)ON(c1ccccc1)C(C)(C)C(=O)OC. The zero-order chi connectivity index (χ0) is 17.0. The molecule has 6 nitrogen and oxygen atoms in total. The third-order valence-electron chi connectivity index (χ3n) is 3.18. The largest absolute Gasteiger partial charge is 0.467 e. The van der Waals surface area contributed by atoms with Gasteiger partial charge in [-0.15, -0.1) is 0 Å². The van der Waals surface area contributed by atoms with Crippen molar-refractivity contribution in [2.24, 2.45) is 0 Å². The Kier molecular flexibility index (Phi) is 5.54. The van der Waals surface area contributed by atoms with Crippen molar-refractivity contribution in [1.29, 1.82) is 0 Å². The summed E-state index contributed by atoms with van der Waals surface area (Å²) in [6.45, 7) is 6.45. The molecule has 6 heteroatoms. The molecule has 0 heterocycles. The van der Waals surface area contributed by atoms with Gasteiger partial charge in [-0.3, -0.25) is 4.84 Å². The van der Waals surface area contributed by atoms with Crippen LogP contribution >= 0.6 is 0 Å². The van der Waals surface area contributed by atoms with E-state index in [-0.39, 0.29) is 0 Å². The van der Waals surface area contributed by atoms with Crippen LogP contribution in [0.15, 0.2) is 30.3 Å². The summed E-state index contributed by atoms with van der Waals surface area (Å²) in [4.78, 5) is 29.8. The molecular formula is C16H23NO5. The first-order valence-corrected chi connectivity index (χ1v) is 6.88. The molecule has 22 heavy (non-hydrogen) atoms. The highest BCUT2D eigenvalue weighted by Crippen LogP contribution is 2.29. The lowest BCUT2D eigenvalue weighted by molar-refractivity contribution is -0.173. The molecule has 0 amide bonds. The first-order valence-electron chi connectivity index (χ1n) is 6.88. The molecule has 1 rings (SSSR count). The van der Waals surface area contributed by atoms with Gasteiger partial charge in [0.15, 0.2) is 11.1 Å². The highest BCUT2D eigenvalue weighted by atomic mass is 16.7. The van der Waals surface area contributed by atoms with Gasteiger partial charge in [0.2, 0.25) is 0 Å². The van der Waals surface area contributed by atoms with Gasteiger partial charge in [-0.2, -0.15) is 0 Å². The smallest absolute Gasteiger partial charge is 0.340 e. The van der Waals surface area contributed by atoms with Crippen LogP contribution in [0, 0.1) is 0 Å². The normalized spacial score (nSPS) is 11.7. The zero-order valence-electron chi connectivity index (χ0n) is 13.9. The van der Waals surface area contributed by atoms with Gasteiger partial charge in [0, 0.05) is 0 Å². The maximum Gasteiger partial charge on any atom is 0.340 e. The van der Waals surface area contributed by atoms with Gasteiger partial charge < -0.3 is 9.47 Å². The van der Waals surface area contributed by atoms with E-state index in [1.54, 1.807) is 39.8 Å². The average molecular weight is 309 g/mol. The average Bonchev–Trinajstić information content (AvgIpc) is 2.51. The second-order valence-corrected chi connectivity index (χ2v) is 5.77. The molecule has 0 atom stereocenters. The molecule has 0 aromatic heterocycles. The number of hydrogen-bond acceptors (Lipinski definition) is 6. The Hall–Kier alpha value is -2.08. The van der Waals surface area contributed by atoms with Crippen molar-refractivity contribution in [3.8, 4) is 0 Å². The lowest BCUT2D eigenvalue weighted by atomic mass is 10.0. The fourth-order valence-corrected chi connectivity index (χ4v) is 1.90. The molecule has 0 N–H and O–H groups in total. The minimum Gasteiger partial charge on any atom is -0.467 e. The number of nitrogens with zero attached hydrogens (tertiary/aromatic N) is 1. The van der Waals surface area contributed by atoms with Gasteiger partial charge >= 0.3 is 11.9 Å². The van der Waals surface area contributed by atoms with Crippen molar-refractivity contribution in [3.05, 3.63) is 30.3 Å². The number of ether oxygens (including phenoxy) is 2. The van der Waals surface area contributed by atoms with Crippen molar-refractivity contribution >= 4 is 17.6 Å². The molecule has 122 valence electrons. The minimum absolute atomic E-state index is 0.489. The fraction of sp³-hybridized carbons (Fsp3) is 0.500. The second kappa shape index (κ2) is 6.79. The Morgan fingerprint density at radius 1 is 0.909 bits per heavy atom. The summed E-state index contributed by atoms with van der Waals surface area (Å²) in [6.07, 6.45) is 0. The minimum atomic E-state index is -1.27. The summed E-state index contributed by atoms with van der Waals surface area (Å²) in [5.74, 6) is -1.04. The number of hydroxylamine groups is 1. The van der Waals surface area contributed by atoms with E-state index in [0.29, 0.717) is 5.69 Å². The van der Waals surface area contributed by atoms with Gasteiger partial charge in [0.1, 0.15) is 0 Å². The van der Waals surface area contributed by atoms with Crippen LogP contribution in [0.25, 0.3) is 0 Å². The van der Waals surface area contributed by atoms with Gasteiger partial charge in [-0.05, 0) is 39.8 Å². The van der Waals surface area contributed by atoms with Crippen molar-refractivity contribution in [1.82, 2.24) is 0 Å². The van der Waals surface area contributed by atoms with E-state index < -0.39 is 23.1 Å². The lowest BCUT2D eigenvalue weighted by Crippen LogP contribution is -2.55. The molecule has 0 aliphatic heterocycles. The van der Waals surface area contributed by atoms with Crippen LogP contribution in [0.1, 0.15) is 27.7 Å². The molecule has 0 saturated carbocycles. The molecule has 0 unspecified atom stereocenters. The molecule has 0 fully saturated rings. The van der Waals surface area contributed by atoms with Crippen LogP contribution in [0.2, 0.25) is 0 Å². The van der Waals surface area contributed by atoms with Crippen molar-refractivity contribution < 1.29 is 23.9 Å². The van der Waals surface area contributed by atoms with Crippen LogP contribution in [0.4, 0.5) is 5.69 Å². The van der Waals surface area contributed by atoms with Crippen LogP contribution in [-0.4, -0.2) is 37.3 Å². The number of hydrogen-bond donors (Lipinski definition) is 0. The predicted molar refractivity (Wildman–Crippen MR) is 82.2 cm³/mol. The highest BCUT2D eigenvalue weighted by molar-refractivity contribution is 5.84. The van der Waals surface area contributed by atoms with Crippen LogP contribution in [-0.2, 0) is 23.9 Å². The van der Waals surface area contributed by atoms with Crippen molar-refractivity contribution in [2.75, 3.05) is 19.3 Å². The summed E-state index contributed by atoms with van der Waals surface area (Å²) in [5, 5.41) is 1.37. The van der Waals surface area contributed by atoms with Gasteiger partial charge in [0.05, 0.1) is 19.9 Å². The number of carbonyl (C=O) groups is 2. The van der Waals surface area contributed by atoms with Crippen LogP contribution < -0.4 is 5.06 Å². The molecule has 0 saturated heterocycles. The number of anilines is 1. The van der Waals surface area contributed by atoms with E-state index in [2.05, 4.69) is 0 Å². The van der Waals surface area contributed by atoms with E-state index in [0.717, 1.165) is 0 Å². The van der Waals surface area contributed by atoms with Crippen molar-refractivity contribution in [3.63, 3.8) is 0 Å². The monoisotopic (exact) mass is 309 g/mol. The fourth-order valence-electron chi connectivity index (χ4n) is 1.90. The summed E-state index contributed by atoms with van der Waals surface area (Å²) in [7, 11) is 2.59. The molecule has 0 bridgehead atoms. The van der Waals surface area contributed by atoms with Crippen LogP contribution in [0.3, 0.4) is 0 Å². The van der Waals surface area contributed by atoms with E-state index in [1.807, 2.05) is 18.2 Å². The molecule has 0 aliphatic carbocycles. The topological polar surface area (TPSA) is 65.1 Å². The number of carbonyl (C=O) groups excluding carboxylic acids is 2. The Morgan fingerprint density at radius 3 is 1.86 bits per heavy atom. The van der Waals surface area contributed by atoms with Crippen LogP contribution in [0.5, 0.6) is 0 Å². The third-order valence-corrected chi connectivity index (χ3v) is 3.18. The summed E-state index contributed by atoms with van der Waals surface area (Å²) >= 11 is 0. The van der Waals surface area contributed by atoms with Crippen molar-refractivity contribution in [2.45, 2.75) is 38.8 Å². The summed E-state index contributed by atoms with van der Waals surface area (Å²) < 4.78 is 9.59. The maximum absolute atomic E-state index is 12.1. The first-order chi connectivity index (χ1) is 10.2. The molecule has 0 radical (unpaired) electrons. The van der Waals surface area contributed by atoms with E-state index in [9.17, 15) is 9.59 Å². The zero-order valence-corrected chi connectivity index (χ0v) is 13.9. The Balaban J connectivity index is 3.25. The maximum atomic E-state index is 12.1. The number of para-hydroxylation sites is 1. The number of esters is 2. The first kappa shape index (κ1) is 18.0. The highest BCUT2D eigenvalue weighted by Gasteiger charge is 2.43. The number of methoxy groups -OCH3 is 2. The second-order valence-electron chi connectivity index (χ2n) is 5.77. The van der Waals surface area contributed by atoms with E-state index in [4.69, 9.17) is 14.3 Å².